The van der Waals surface area contributed by atoms with Gasteiger partial charge in [-0.25, -0.2) is 4.79 Å². The van der Waals surface area contributed by atoms with Crippen LogP contribution in [0, 0.1) is 0 Å². The zero-order valence-corrected chi connectivity index (χ0v) is 9.93. The fourth-order valence-electron chi connectivity index (χ4n) is 2.06. The van der Waals surface area contributed by atoms with Crippen LogP contribution in [-0.2, 0) is 4.74 Å². The number of carboxylic acid groups (broad SMARTS) is 1. The molecule has 1 aliphatic rings. The first kappa shape index (κ1) is 11.9. The van der Waals surface area contributed by atoms with Crippen LogP contribution in [0.4, 0.5) is 5.69 Å². The highest BCUT2D eigenvalue weighted by Crippen LogP contribution is 2.19. The molecule has 1 fully saturated rings. The number of carbonyl (C=O) groups is 1. The summed E-state index contributed by atoms with van der Waals surface area (Å²) in [6.07, 6.45) is 1.16. The fraction of sp³-hybridized carbons (Fsp3) is 0.462. The van der Waals surface area contributed by atoms with Gasteiger partial charge in [-0.15, -0.1) is 0 Å². The Hall–Kier alpha value is -1.55. The van der Waals surface area contributed by atoms with Gasteiger partial charge in [0.05, 0.1) is 11.7 Å². The lowest BCUT2D eigenvalue weighted by molar-refractivity contribution is 0.0697. The smallest absolute Gasteiger partial charge is 0.335 e. The van der Waals surface area contributed by atoms with E-state index in [-0.39, 0.29) is 6.10 Å². The van der Waals surface area contributed by atoms with Crippen molar-refractivity contribution in [2.75, 3.05) is 24.6 Å². The normalized spacial score (nSPS) is 21.0. The van der Waals surface area contributed by atoms with Gasteiger partial charge in [0.25, 0.3) is 0 Å². The molecule has 17 heavy (non-hydrogen) atoms. The molecule has 2 rings (SSSR count). The number of hydrogen-bond acceptors (Lipinski definition) is 3. The van der Waals surface area contributed by atoms with Crippen LogP contribution >= 0.6 is 0 Å². The first-order valence-electron chi connectivity index (χ1n) is 5.87. The predicted octanol–water partition coefficient (Wildman–Crippen LogP) is 2.00. The molecule has 1 aromatic carbocycles. The Bertz CT molecular complexity index is 405. The largest absolute Gasteiger partial charge is 0.478 e. The number of nitrogens with zero attached hydrogens (tertiary/aromatic N) is 1. The van der Waals surface area contributed by atoms with E-state index in [4.69, 9.17) is 9.84 Å². The number of hydrogen-bond donors (Lipinski definition) is 1. The van der Waals surface area contributed by atoms with Gasteiger partial charge in [-0.05, 0) is 31.5 Å². The molecule has 0 radical (unpaired) electrons. The van der Waals surface area contributed by atoms with Crippen molar-refractivity contribution in [3.8, 4) is 0 Å². The molecule has 4 heteroatoms. The maximum Gasteiger partial charge on any atom is 0.335 e. The average Bonchev–Trinajstić information content (AvgIpc) is 2.54. The van der Waals surface area contributed by atoms with Crippen molar-refractivity contribution < 1.29 is 14.6 Å². The van der Waals surface area contributed by atoms with Crippen molar-refractivity contribution >= 4 is 11.7 Å². The third-order valence-electron chi connectivity index (χ3n) is 2.91. The van der Waals surface area contributed by atoms with Crippen LogP contribution in [0.1, 0.15) is 23.7 Å². The minimum atomic E-state index is -0.883. The summed E-state index contributed by atoms with van der Waals surface area (Å²) in [7, 11) is 0. The van der Waals surface area contributed by atoms with Crippen molar-refractivity contribution in [2.45, 2.75) is 19.4 Å². The summed E-state index contributed by atoms with van der Waals surface area (Å²) in [4.78, 5) is 13.1. The van der Waals surface area contributed by atoms with Crippen molar-refractivity contribution in [2.24, 2.45) is 0 Å². The first-order valence-corrected chi connectivity index (χ1v) is 5.87. The van der Waals surface area contributed by atoms with Gasteiger partial charge in [0, 0.05) is 25.4 Å². The van der Waals surface area contributed by atoms with Gasteiger partial charge in [-0.3, -0.25) is 0 Å². The lowest BCUT2D eigenvalue weighted by Gasteiger charge is -2.24. The fourth-order valence-corrected chi connectivity index (χ4v) is 2.06. The van der Waals surface area contributed by atoms with Gasteiger partial charge < -0.3 is 14.7 Å². The maximum atomic E-state index is 10.9. The average molecular weight is 235 g/mol. The molecule has 0 bridgehead atoms. The zero-order valence-electron chi connectivity index (χ0n) is 9.93. The van der Waals surface area contributed by atoms with Crippen molar-refractivity contribution in [3.05, 3.63) is 29.8 Å². The van der Waals surface area contributed by atoms with Crippen LogP contribution in [-0.4, -0.2) is 36.9 Å². The summed E-state index contributed by atoms with van der Waals surface area (Å²) in [5.41, 5.74) is 1.29. The van der Waals surface area contributed by atoms with Crippen molar-refractivity contribution in [1.82, 2.24) is 0 Å². The Morgan fingerprint density at radius 3 is 3.12 bits per heavy atom. The molecule has 0 aliphatic carbocycles. The first-order chi connectivity index (χ1) is 8.16. The highest BCUT2D eigenvalue weighted by atomic mass is 16.5. The Balaban J connectivity index is 2.20. The van der Waals surface area contributed by atoms with E-state index in [1.807, 2.05) is 13.0 Å². The van der Waals surface area contributed by atoms with Gasteiger partial charge in [0.2, 0.25) is 0 Å². The molecule has 0 spiro atoms. The SMILES string of the molecule is CC1CN(c2cccc(C(=O)O)c2)CCCO1. The van der Waals surface area contributed by atoms with E-state index < -0.39 is 5.97 Å². The maximum absolute atomic E-state index is 10.9. The Labute approximate surface area is 101 Å². The van der Waals surface area contributed by atoms with Crippen LogP contribution in [0.5, 0.6) is 0 Å². The van der Waals surface area contributed by atoms with Gasteiger partial charge in [0.1, 0.15) is 0 Å². The van der Waals surface area contributed by atoms with E-state index >= 15 is 0 Å². The van der Waals surface area contributed by atoms with Crippen LogP contribution in [0.25, 0.3) is 0 Å². The van der Waals surface area contributed by atoms with E-state index in [0.29, 0.717) is 5.56 Å². The summed E-state index contributed by atoms with van der Waals surface area (Å²) in [5.74, 6) is -0.883. The van der Waals surface area contributed by atoms with E-state index in [1.165, 1.54) is 0 Å². The van der Waals surface area contributed by atoms with Crippen molar-refractivity contribution in [1.29, 1.82) is 0 Å². The van der Waals surface area contributed by atoms with Gasteiger partial charge in [-0.2, -0.15) is 0 Å². The lowest BCUT2D eigenvalue weighted by atomic mass is 10.2. The number of rotatable bonds is 2. The Morgan fingerprint density at radius 2 is 2.35 bits per heavy atom. The molecule has 1 heterocycles. The molecule has 1 saturated heterocycles. The second-order valence-corrected chi connectivity index (χ2v) is 4.34. The summed E-state index contributed by atoms with van der Waals surface area (Å²) in [6, 6.07) is 7.07. The van der Waals surface area contributed by atoms with Crippen molar-refractivity contribution in [3.63, 3.8) is 0 Å². The zero-order chi connectivity index (χ0) is 12.3. The van der Waals surface area contributed by atoms with E-state index in [1.54, 1.807) is 18.2 Å². The highest BCUT2D eigenvalue weighted by Gasteiger charge is 2.16. The number of ether oxygens (including phenoxy) is 1. The number of benzene rings is 1. The standard InChI is InChI=1S/C13H17NO3/c1-10-9-14(6-3-7-17-10)12-5-2-4-11(8-12)13(15)16/h2,4-5,8,10H,3,6-7,9H2,1H3,(H,15,16). The summed E-state index contributed by atoms with van der Waals surface area (Å²) < 4.78 is 5.57. The second kappa shape index (κ2) is 5.19. The number of anilines is 1. The Kier molecular flexibility index (Phi) is 3.64. The number of aromatic carboxylic acids is 1. The lowest BCUT2D eigenvalue weighted by Crippen LogP contribution is -2.30. The monoisotopic (exact) mass is 235 g/mol. The molecule has 1 aromatic rings. The summed E-state index contributed by atoms with van der Waals surface area (Å²) in [6.45, 7) is 4.53. The molecule has 1 aliphatic heterocycles. The molecule has 1 N–H and O–H groups in total. The molecular weight excluding hydrogens is 218 g/mol. The minimum Gasteiger partial charge on any atom is -0.478 e. The topological polar surface area (TPSA) is 49.8 Å². The van der Waals surface area contributed by atoms with Crippen LogP contribution in [0.2, 0.25) is 0 Å². The third kappa shape index (κ3) is 2.97. The minimum absolute atomic E-state index is 0.186. The van der Waals surface area contributed by atoms with Crippen LogP contribution in [0.3, 0.4) is 0 Å². The molecule has 0 amide bonds. The van der Waals surface area contributed by atoms with E-state index in [9.17, 15) is 4.79 Å². The second-order valence-electron chi connectivity index (χ2n) is 4.34. The molecule has 1 atom stereocenters. The molecule has 92 valence electrons. The van der Waals surface area contributed by atoms with Crippen LogP contribution in [0.15, 0.2) is 24.3 Å². The number of carboxylic acids is 1. The molecular formula is C13H17NO3. The van der Waals surface area contributed by atoms with Gasteiger partial charge in [-0.1, -0.05) is 6.07 Å². The quantitative estimate of drug-likeness (QED) is 0.851. The molecule has 0 aromatic heterocycles. The summed E-state index contributed by atoms with van der Waals surface area (Å²) in [5, 5.41) is 8.97. The van der Waals surface area contributed by atoms with E-state index in [2.05, 4.69) is 4.90 Å². The highest BCUT2D eigenvalue weighted by molar-refractivity contribution is 5.88. The summed E-state index contributed by atoms with van der Waals surface area (Å²) >= 11 is 0. The van der Waals surface area contributed by atoms with Gasteiger partial charge in [0.15, 0.2) is 0 Å². The van der Waals surface area contributed by atoms with Crippen LogP contribution < -0.4 is 4.90 Å². The third-order valence-corrected chi connectivity index (χ3v) is 2.91. The molecule has 1 unspecified atom stereocenters. The molecule has 4 nitrogen and oxygen atoms in total. The van der Waals surface area contributed by atoms with Gasteiger partial charge >= 0.3 is 5.97 Å². The van der Waals surface area contributed by atoms with E-state index in [0.717, 1.165) is 31.8 Å². The molecule has 0 saturated carbocycles. The predicted molar refractivity (Wildman–Crippen MR) is 65.6 cm³/mol. The Morgan fingerprint density at radius 1 is 1.53 bits per heavy atom.